The van der Waals surface area contributed by atoms with Gasteiger partial charge in [0.25, 0.3) is 0 Å². The van der Waals surface area contributed by atoms with E-state index in [4.69, 9.17) is 21.0 Å². The first-order valence-electron chi connectivity index (χ1n) is 10.1. The Kier molecular flexibility index (Phi) is 11.4. The average molecular weight is 542 g/mol. The van der Waals surface area contributed by atoms with Crippen molar-refractivity contribution in [1.82, 2.24) is 9.97 Å². The second kappa shape index (κ2) is 13.7. The van der Waals surface area contributed by atoms with Gasteiger partial charge in [-0.25, -0.2) is 9.59 Å². The fourth-order valence-corrected chi connectivity index (χ4v) is 2.47. The Morgan fingerprint density at radius 3 is 1.68 bits per heavy atom. The fraction of sp³-hybridized carbons (Fsp3) is 0.300. The van der Waals surface area contributed by atoms with Gasteiger partial charge in [-0.1, -0.05) is 0 Å². The van der Waals surface area contributed by atoms with Crippen LogP contribution in [0.2, 0.25) is 0 Å². The molecule has 206 valence electrons. The van der Waals surface area contributed by atoms with Crippen LogP contribution < -0.4 is 38.1 Å². The number of anilines is 2. The first-order chi connectivity index (χ1) is 17.1. The Bertz CT molecular complexity index is 1180. The lowest BCUT2D eigenvalue weighted by Gasteiger charge is -2.09. The van der Waals surface area contributed by atoms with Crippen molar-refractivity contribution >= 4 is 28.4 Å². The van der Waals surface area contributed by atoms with Crippen molar-refractivity contribution in [1.29, 1.82) is 0 Å². The molecule has 4 rings (SSSR count). The Balaban J connectivity index is 0.000000280. The van der Waals surface area contributed by atoms with E-state index in [9.17, 15) is 31.1 Å². The van der Waals surface area contributed by atoms with Crippen LogP contribution in [0.1, 0.15) is 12.8 Å². The smallest absolute Gasteiger partial charge is 0.406 e. The summed E-state index contributed by atoms with van der Waals surface area (Å²) in [5.41, 5.74) is 19.5. The number of aromatic amines is 2. The summed E-state index contributed by atoms with van der Waals surface area (Å²) in [7, 11) is 0. The van der Waals surface area contributed by atoms with Gasteiger partial charge in [0, 0.05) is 25.3 Å². The fourth-order valence-electron chi connectivity index (χ4n) is 2.47. The molecule has 0 radical (unpaired) electrons. The summed E-state index contributed by atoms with van der Waals surface area (Å²) in [5, 5.41) is 0. The molecule has 0 unspecified atom stereocenters. The monoisotopic (exact) mass is 542 g/mol. The van der Waals surface area contributed by atoms with Crippen LogP contribution in [0.25, 0.3) is 11.0 Å². The van der Waals surface area contributed by atoms with Gasteiger partial charge in [0.15, 0.2) is 0 Å². The number of amides is 2. The Morgan fingerprint density at radius 2 is 1.24 bits per heavy atom. The lowest BCUT2D eigenvalue weighted by molar-refractivity contribution is -0.275. The Hall–Kier alpha value is -4.28. The number of urea groups is 1. The maximum Gasteiger partial charge on any atom is 0.573 e. The molecule has 2 heterocycles. The van der Waals surface area contributed by atoms with Crippen LogP contribution in [0, 0.1) is 0 Å². The Labute approximate surface area is 204 Å². The third-order valence-electron chi connectivity index (χ3n) is 3.84. The molecule has 1 aromatic heterocycles. The highest BCUT2D eigenvalue weighted by Gasteiger charge is 2.31. The number of rotatable bonds is 2. The van der Waals surface area contributed by atoms with Gasteiger partial charge in [0.1, 0.15) is 11.5 Å². The highest BCUT2D eigenvalue weighted by atomic mass is 19.4. The zero-order valence-electron chi connectivity index (χ0n) is 18.9. The first-order valence-corrected chi connectivity index (χ1v) is 10.1. The number of carbonyl (C=O) groups excluding carboxylic acids is 1. The zero-order chi connectivity index (χ0) is 28.2. The molecule has 37 heavy (non-hydrogen) atoms. The van der Waals surface area contributed by atoms with Gasteiger partial charge in [-0.3, -0.25) is 0 Å². The number of nitrogens with one attached hydrogen (secondary N) is 2. The SMILES string of the molecule is C1CCOC1.NC(N)=O.Nc1ccc(OC(F)(F)F)cc1N.O=c1[nH]c2ccc(OC(F)(F)F)cc2[nH]1. The van der Waals surface area contributed by atoms with Gasteiger partial charge in [0.05, 0.1) is 22.4 Å². The molecule has 2 amide bonds. The molecule has 1 saturated heterocycles. The minimum absolute atomic E-state index is 0.0572. The van der Waals surface area contributed by atoms with Crippen molar-refractivity contribution in [2.45, 2.75) is 25.6 Å². The number of hydrogen-bond donors (Lipinski definition) is 6. The molecular weight excluding hydrogens is 518 g/mol. The molecule has 11 nitrogen and oxygen atoms in total. The number of imidazole rings is 1. The second-order valence-electron chi connectivity index (χ2n) is 6.89. The lowest BCUT2D eigenvalue weighted by Crippen LogP contribution is -2.18. The topological polar surface area (TPSA) is 197 Å². The number of fused-ring (bicyclic) bond motifs is 1. The highest BCUT2D eigenvalue weighted by molar-refractivity contribution is 5.76. The summed E-state index contributed by atoms with van der Waals surface area (Å²) in [5.74, 6) is -0.746. The van der Waals surface area contributed by atoms with Crippen molar-refractivity contribution in [3.8, 4) is 11.5 Å². The number of nitrogens with two attached hydrogens (primary N) is 4. The van der Waals surface area contributed by atoms with Gasteiger partial charge in [-0.05, 0) is 37.1 Å². The van der Waals surface area contributed by atoms with E-state index in [-0.39, 0.29) is 28.4 Å². The summed E-state index contributed by atoms with van der Waals surface area (Å²) in [6, 6.07) is 6.08. The van der Waals surface area contributed by atoms with Gasteiger partial charge in [-0.15, -0.1) is 26.3 Å². The van der Waals surface area contributed by atoms with Crippen LogP contribution in [0.5, 0.6) is 11.5 Å². The number of aromatic nitrogens is 2. The van der Waals surface area contributed by atoms with E-state index >= 15 is 0 Å². The molecule has 3 aromatic rings. The van der Waals surface area contributed by atoms with E-state index < -0.39 is 24.4 Å². The summed E-state index contributed by atoms with van der Waals surface area (Å²) >= 11 is 0. The highest BCUT2D eigenvalue weighted by Crippen LogP contribution is 2.27. The lowest BCUT2D eigenvalue weighted by atomic mass is 10.2. The van der Waals surface area contributed by atoms with E-state index in [2.05, 4.69) is 30.9 Å². The maximum absolute atomic E-state index is 11.8. The van der Waals surface area contributed by atoms with Gasteiger partial charge >= 0.3 is 24.4 Å². The second-order valence-corrected chi connectivity index (χ2v) is 6.89. The van der Waals surface area contributed by atoms with Crippen molar-refractivity contribution < 1.29 is 45.3 Å². The summed E-state index contributed by atoms with van der Waals surface area (Å²) in [6.45, 7) is 2.00. The quantitative estimate of drug-likeness (QED) is 0.211. The van der Waals surface area contributed by atoms with E-state index in [0.717, 1.165) is 37.5 Å². The number of nitrogen functional groups attached to an aromatic ring is 2. The van der Waals surface area contributed by atoms with Crippen LogP contribution in [0.15, 0.2) is 41.2 Å². The molecule has 1 fully saturated rings. The molecule has 0 bridgehead atoms. The first kappa shape index (κ1) is 30.8. The minimum atomic E-state index is -4.73. The maximum atomic E-state index is 11.8. The van der Waals surface area contributed by atoms with Crippen LogP contribution in [-0.4, -0.2) is 41.9 Å². The van der Waals surface area contributed by atoms with Gasteiger partial charge in [0.2, 0.25) is 0 Å². The number of benzene rings is 2. The van der Waals surface area contributed by atoms with Crippen LogP contribution in [-0.2, 0) is 4.74 Å². The molecule has 0 aliphatic carbocycles. The molecule has 17 heteroatoms. The number of hydrogen-bond acceptors (Lipinski definition) is 7. The van der Waals surface area contributed by atoms with Crippen LogP contribution in [0.4, 0.5) is 42.5 Å². The normalized spacial score (nSPS) is 12.7. The molecular formula is C20H24F6N6O5. The van der Waals surface area contributed by atoms with Gasteiger partial charge < -0.3 is 47.1 Å². The number of carbonyl (C=O) groups is 1. The molecule has 10 N–H and O–H groups in total. The Morgan fingerprint density at radius 1 is 0.784 bits per heavy atom. The molecule has 0 atom stereocenters. The average Bonchev–Trinajstić information content (AvgIpc) is 3.41. The van der Waals surface area contributed by atoms with E-state index in [1.54, 1.807) is 0 Å². The molecule has 1 aliphatic rings. The summed E-state index contributed by atoms with van der Waals surface area (Å²) < 4.78 is 82.8. The molecule has 0 spiro atoms. The van der Waals surface area contributed by atoms with E-state index in [1.807, 2.05) is 0 Å². The van der Waals surface area contributed by atoms with Gasteiger partial charge in [-0.2, -0.15) is 0 Å². The van der Waals surface area contributed by atoms with Crippen molar-refractivity contribution in [2.75, 3.05) is 24.7 Å². The zero-order valence-corrected chi connectivity index (χ0v) is 18.9. The predicted octanol–water partition coefficient (Wildman–Crippen LogP) is 3.33. The van der Waals surface area contributed by atoms with Crippen molar-refractivity contribution in [3.05, 3.63) is 46.9 Å². The van der Waals surface area contributed by atoms with Crippen molar-refractivity contribution in [2.24, 2.45) is 11.5 Å². The third kappa shape index (κ3) is 14.0. The number of ether oxygens (including phenoxy) is 3. The summed E-state index contributed by atoms with van der Waals surface area (Å²) in [6.07, 6.45) is -6.88. The number of halogens is 6. The third-order valence-corrected chi connectivity index (χ3v) is 3.84. The number of alkyl halides is 6. The number of H-pyrrole nitrogens is 2. The van der Waals surface area contributed by atoms with Crippen LogP contribution in [0.3, 0.4) is 0 Å². The number of primary amides is 2. The molecule has 1 aliphatic heterocycles. The predicted molar refractivity (Wildman–Crippen MR) is 121 cm³/mol. The largest absolute Gasteiger partial charge is 0.573 e. The summed E-state index contributed by atoms with van der Waals surface area (Å²) in [4.78, 5) is 24.5. The van der Waals surface area contributed by atoms with E-state index in [1.165, 1.54) is 25.0 Å². The van der Waals surface area contributed by atoms with Crippen LogP contribution >= 0.6 is 0 Å². The molecule has 2 aromatic carbocycles. The van der Waals surface area contributed by atoms with E-state index in [0.29, 0.717) is 5.52 Å². The van der Waals surface area contributed by atoms with Crippen molar-refractivity contribution in [3.63, 3.8) is 0 Å². The standard InChI is InChI=1S/C8H5F3N2O2.C7H7F3N2O.C4H8O.CH4N2O/c9-8(10,11)15-4-1-2-5-6(3-4)13-7(14)12-5;8-7(9,10)13-4-1-2-5(11)6(12)3-4;1-2-4-5-3-1;2-1(3)4/h1-3H,(H2,12,13,14);1-3H,11-12H2;1-4H2;(H4,2,3,4). The molecule has 0 saturated carbocycles. The minimum Gasteiger partial charge on any atom is -0.406 e.